The molecule has 0 saturated carbocycles. The summed E-state index contributed by atoms with van der Waals surface area (Å²) in [6, 6.07) is 10.2. The van der Waals surface area contributed by atoms with Crippen molar-refractivity contribution in [1.82, 2.24) is 0 Å². The number of ketones is 2. The van der Waals surface area contributed by atoms with E-state index in [2.05, 4.69) is 31.7 Å². The van der Waals surface area contributed by atoms with E-state index in [1.165, 1.54) is 12.1 Å². The molecule has 0 aliphatic heterocycles. The molecule has 6 N–H and O–H groups in total. The molecule has 0 atom stereocenters. The Bertz CT molecular complexity index is 2990. The molecule has 2 amide bonds. The molecule has 0 fully saturated rings. The van der Waals surface area contributed by atoms with E-state index in [0.717, 1.165) is 60.7 Å². The Morgan fingerprint density at radius 1 is 0.500 bits per heavy atom. The summed E-state index contributed by atoms with van der Waals surface area (Å²) in [7, 11) is -20.9. The first kappa shape index (κ1) is 57.3. The Kier molecular flexibility index (Phi) is 19.6. The van der Waals surface area contributed by atoms with Crippen molar-refractivity contribution in [3.63, 3.8) is 0 Å². The van der Waals surface area contributed by atoms with Crippen LogP contribution in [-0.4, -0.2) is 91.1 Å². The van der Waals surface area contributed by atoms with Gasteiger partial charge < -0.3 is 39.1 Å². The molecule has 0 heterocycles. The van der Waals surface area contributed by atoms with Gasteiger partial charge in [0.05, 0.1) is 31.0 Å². The maximum Gasteiger partial charge on any atom is 1.00 e. The third-order valence-electron chi connectivity index (χ3n) is 8.21. The topological polar surface area (TPSA) is 393 Å². The number of hydrazone groups is 2. The van der Waals surface area contributed by atoms with Crippen molar-refractivity contribution in [3.05, 3.63) is 105 Å². The minimum Gasteiger partial charge on any atom is -0.744 e. The molecule has 0 saturated heterocycles. The monoisotopic (exact) mass is 992 g/mol. The first-order chi connectivity index (χ1) is 27.8. The van der Waals surface area contributed by atoms with Crippen molar-refractivity contribution in [2.75, 3.05) is 21.5 Å². The summed E-state index contributed by atoms with van der Waals surface area (Å²) in [5, 5.41) is 32.0. The predicted molar refractivity (Wildman–Crippen MR) is 204 cm³/mol. The van der Waals surface area contributed by atoms with E-state index in [1.54, 1.807) is 0 Å². The Hall–Kier alpha value is -2.85. The number of nitrogens with zero attached hydrogens (tertiary/aromatic N) is 2. The Labute approximate surface area is 451 Å². The van der Waals surface area contributed by atoms with Gasteiger partial charge in [0.15, 0.2) is 0 Å². The van der Waals surface area contributed by atoms with Crippen LogP contribution in [0.2, 0.25) is 0 Å². The number of Topliss-reactive ketones (excluding diaryl/α,β-unsaturated/α-hetero) is 2. The van der Waals surface area contributed by atoms with Gasteiger partial charge >= 0.3 is 124 Å². The van der Waals surface area contributed by atoms with Crippen molar-refractivity contribution < 1.29 is 195 Å². The number of hydrogen-bond acceptors (Lipinski definition) is 21. The zero-order chi connectivity index (χ0) is 44.1. The molecule has 0 spiro atoms. The van der Waals surface area contributed by atoms with Gasteiger partial charge in [-0.3, -0.25) is 20.4 Å². The first-order valence-electron chi connectivity index (χ1n) is 15.9. The smallest absolute Gasteiger partial charge is 0.744 e. The number of phenolic OH excluding ortho intramolecular Hbond substituents is 2. The van der Waals surface area contributed by atoms with Gasteiger partial charge in [-0.2, -0.15) is 10.2 Å². The predicted octanol–water partition coefficient (Wildman–Crippen LogP) is -10.3. The summed E-state index contributed by atoms with van der Waals surface area (Å²) in [4.78, 5) is 35.7. The molecule has 4 aromatic rings. The van der Waals surface area contributed by atoms with E-state index in [0.29, 0.717) is 12.1 Å². The first-order valence-corrected chi connectivity index (χ1v) is 21.5. The average molecular weight is 993 g/mol. The van der Waals surface area contributed by atoms with Crippen LogP contribution in [0.4, 0.5) is 27.5 Å². The number of carbonyl (C=O) groups is 3. The minimum atomic E-state index is -5.45. The van der Waals surface area contributed by atoms with Crippen LogP contribution in [0.15, 0.2) is 103 Å². The Balaban J connectivity index is 0.00000352. The van der Waals surface area contributed by atoms with Crippen LogP contribution in [0, 0.1) is 0 Å². The molecule has 64 heavy (non-hydrogen) atoms. The summed E-state index contributed by atoms with van der Waals surface area (Å²) >= 11 is 0. The summed E-state index contributed by atoms with van der Waals surface area (Å²) in [6.07, 6.45) is 1.50. The second-order valence-corrected chi connectivity index (χ2v) is 17.6. The van der Waals surface area contributed by atoms with E-state index in [1.807, 2.05) is 0 Å². The van der Waals surface area contributed by atoms with E-state index in [-0.39, 0.29) is 152 Å². The van der Waals surface area contributed by atoms with Gasteiger partial charge in [-0.1, -0.05) is 0 Å². The van der Waals surface area contributed by atoms with Crippen LogP contribution in [0.5, 0.6) is 11.5 Å². The fraction of sp³-hybridized carbons (Fsp3) is 0. The van der Waals surface area contributed by atoms with Gasteiger partial charge in [0.2, 0.25) is 11.6 Å². The van der Waals surface area contributed by atoms with Gasteiger partial charge in [-0.05, 0) is 96.1 Å². The summed E-state index contributed by atoms with van der Waals surface area (Å²) in [6.45, 7) is 0. The fourth-order valence-electron chi connectivity index (χ4n) is 5.47. The molecule has 6 rings (SSSR count). The zero-order valence-electron chi connectivity index (χ0n) is 33.1. The normalized spacial score (nSPS) is 14.8. The minimum absolute atomic E-state index is 0. The van der Waals surface area contributed by atoms with Crippen LogP contribution in [0.1, 0.15) is 31.8 Å². The summed E-state index contributed by atoms with van der Waals surface area (Å²) in [5.41, 5.74) is 0.0836. The van der Waals surface area contributed by atoms with E-state index in [4.69, 9.17) is 0 Å². The van der Waals surface area contributed by atoms with Crippen molar-refractivity contribution in [2.24, 2.45) is 10.2 Å². The van der Waals surface area contributed by atoms with Crippen LogP contribution >= 0.6 is 0 Å². The molecular weight excluding hydrogens is 973 g/mol. The quantitative estimate of drug-likeness (QED) is 0.0372. The van der Waals surface area contributed by atoms with Gasteiger partial charge in [0.1, 0.15) is 63.4 Å². The number of fused-ring (bicyclic) bond motifs is 2. The van der Waals surface area contributed by atoms with Crippen molar-refractivity contribution in [3.8, 4) is 11.5 Å². The van der Waals surface area contributed by atoms with E-state index >= 15 is 0 Å². The van der Waals surface area contributed by atoms with Crippen molar-refractivity contribution in [2.45, 2.75) is 9.79 Å². The number of hydrogen-bond donors (Lipinski definition) is 6. The third kappa shape index (κ3) is 13.2. The Morgan fingerprint density at radius 3 is 1.16 bits per heavy atom. The summed E-state index contributed by atoms with van der Waals surface area (Å²) in [5.74, 6) is -3.61. The number of urea groups is 1. The molecule has 31 heteroatoms. The molecule has 312 valence electrons. The molecule has 0 bridgehead atoms. The van der Waals surface area contributed by atoms with Gasteiger partial charge in [-0.15, -0.1) is 0 Å². The van der Waals surface area contributed by atoms with Crippen LogP contribution in [0.3, 0.4) is 0 Å². The van der Waals surface area contributed by atoms with E-state index in [9.17, 15) is 76.5 Å². The SMILES string of the molecule is O=C(Nc1ccc2c(c1)C=C(S(=O)(=O)[O-])/C(=N\Nc1cc(S(=O)(=O)[O-])ccc1O)C2=O)Nc1ccc2c(c1)C=C(S(=O)(=O)[O-])/C(=N\Nc1cc(S(=O)(=O)[O-])ccc1O)C2=O.[Na+].[Na+].[Na+].[Na+]. The molecule has 2 aliphatic rings. The third-order valence-corrected chi connectivity index (χ3v) is 11.6. The number of amides is 2. The largest absolute Gasteiger partial charge is 1.00 e. The van der Waals surface area contributed by atoms with Crippen LogP contribution in [0.25, 0.3) is 12.2 Å². The average Bonchev–Trinajstić information content (AvgIpc) is 3.13. The molecule has 4 aromatic carbocycles. The number of allylic oxidation sites excluding steroid dienone is 2. The fourth-order valence-corrected chi connectivity index (χ4v) is 7.76. The van der Waals surface area contributed by atoms with E-state index < -0.39 is 112 Å². The molecule has 23 nitrogen and oxygen atoms in total. The molecule has 0 unspecified atom stereocenters. The molecular formula is C33H20N6Na4O17S4. The number of anilines is 4. The van der Waals surface area contributed by atoms with Crippen molar-refractivity contribution in [1.29, 1.82) is 0 Å². The van der Waals surface area contributed by atoms with Gasteiger partial charge in [-0.25, -0.2) is 38.5 Å². The van der Waals surface area contributed by atoms with Crippen LogP contribution in [-0.2, 0) is 40.5 Å². The number of nitrogens with one attached hydrogen (secondary N) is 4. The Morgan fingerprint density at radius 2 is 0.844 bits per heavy atom. The zero-order valence-corrected chi connectivity index (χ0v) is 44.4. The number of rotatable bonds is 10. The second-order valence-electron chi connectivity index (χ2n) is 12.2. The maximum atomic E-state index is 13.3. The number of benzene rings is 4. The summed E-state index contributed by atoms with van der Waals surface area (Å²) < 4.78 is 141. The van der Waals surface area contributed by atoms with Gasteiger partial charge in [0, 0.05) is 22.5 Å². The maximum absolute atomic E-state index is 13.3. The molecule has 2 aliphatic carbocycles. The van der Waals surface area contributed by atoms with Crippen molar-refractivity contribution >= 4 is 104 Å². The number of aromatic hydroxyl groups is 2. The van der Waals surface area contributed by atoms with Gasteiger partial charge in [0.25, 0.3) is 0 Å². The standard InChI is InChI=1S/C33H24N6O17S4.4Na/c40-25-7-3-19(57(45,46)47)13-23(25)36-38-29-27(59(51,52)53)11-15-9-17(1-5-21(15)31(29)42)34-33(44)35-18-2-6-22-16(10-18)12-28(60(54,55)56)30(32(22)43)39-37-24-14-20(58(48,49)50)4-8-26(24)41;;;;/h1-14,36-37,40-41H,(H2,34,35,44)(H,45,46,47)(H,48,49,50)(H,51,52,53)(H,54,55,56);;;;/q;4*+1/p-4/b38-29+,39-30+;;;;. The van der Waals surface area contributed by atoms with Crippen LogP contribution < -0.4 is 140 Å². The number of phenols is 2. The molecule has 0 radical (unpaired) electrons. The molecule has 0 aromatic heterocycles. The second kappa shape index (κ2) is 21.8. The number of carbonyl (C=O) groups excluding carboxylic acids is 3.